The highest BCUT2D eigenvalue weighted by Gasteiger charge is 2.18. The molecule has 38 heavy (non-hydrogen) atoms. The molecule has 3 aromatic heterocycles. The summed E-state index contributed by atoms with van der Waals surface area (Å²) in [6.07, 6.45) is 5.47. The van der Waals surface area contributed by atoms with Gasteiger partial charge in [0.1, 0.15) is 11.0 Å². The van der Waals surface area contributed by atoms with Crippen LogP contribution in [-0.4, -0.2) is 46.4 Å². The van der Waals surface area contributed by atoms with Crippen LogP contribution < -0.4 is 11.1 Å². The average Bonchev–Trinajstić information content (AvgIpc) is 2.99. The van der Waals surface area contributed by atoms with Gasteiger partial charge in [-0.25, -0.2) is 4.98 Å². The van der Waals surface area contributed by atoms with Crippen LogP contribution >= 0.6 is 11.6 Å². The summed E-state index contributed by atoms with van der Waals surface area (Å²) in [6, 6.07) is 24.6. The van der Waals surface area contributed by atoms with Crippen molar-refractivity contribution in [2.45, 2.75) is 13.5 Å². The Balaban J connectivity index is 0.000000791. The predicted molar refractivity (Wildman–Crippen MR) is 158 cm³/mol. The second-order valence-electron chi connectivity index (χ2n) is 7.65. The molecule has 0 aliphatic carbocycles. The van der Waals surface area contributed by atoms with Crippen molar-refractivity contribution < 1.29 is 10.2 Å². The largest absolute Gasteiger partial charge is 0.400 e. The van der Waals surface area contributed by atoms with Crippen LogP contribution in [0.15, 0.2) is 91.4 Å². The van der Waals surface area contributed by atoms with Crippen molar-refractivity contribution >= 4 is 28.2 Å². The first-order chi connectivity index (χ1) is 18.7. The lowest BCUT2D eigenvalue weighted by Gasteiger charge is -2.17. The first-order valence-electron chi connectivity index (χ1n) is 11.9. The van der Waals surface area contributed by atoms with Crippen LogP contribution in [-0.2, 0) is 6.54 Å². The first-order valence-corrected chi connectivity index (χ1v) is 12.3. The predicted octanol–water partition coefficient (Wildman–Crippen LogP) is 5.72. The quantitative estimate of drug-likeness (QED) is 0.214. The van der Waals surface area contributed by atoms with Crippen LogP contribution in [0, 0.1) is 6.92 Å². The average molecular weight is 532 g/mol. The molecule has 0 fully saturated rings. The number of aryl methyl sites for hydroxylation is 1. The molecule has 0 aliphatic rings. The summed E-state index contributed by atoms with van der Waals surface area (Å²) in [4.78, 5) is 13.6. The van der Waals surface area contributed by atoms with Crippen molar-refractivity contribution in [3.8, 4) is 22.3 Å². The van der Waals surface area contributed by atoms with Gasteiger partial charge in [-0.2, -0.15) is 0 Å². The van der Waals surface area contributed by atoms with Crippen LogP contribution in [0.1, 0.15) is 11.3 Å². The minimum absolute atomic E-state index is 0.443. The molecule has 0 unspecified atom stereocenters. The molecule has 0 saturated heterocycles. The second kappa shape index (κ2) is 16.1. The number of anilines is 1. The molecule has 7 nitrogen and oxygen atoms in total. The van der Waals surface area contributed by atoms with Crippen molar-refractivity contribution in [1.29, 1.82) is 0 Å². The van der Waals surface area contributed by atoms with Crippen LogP contribution in [0.2, 0.25) is 5.15 Å². The Morgan fingerprint density at radius 2 is 1.55 bits per heavy atom. The van der Waals surface area contributed by atoms with E-state index in [4.69, 9.17) is 26.8 Å². The third-order valence-corrected chi connectivity index (χ3v) is 5.67. The zero-order valence-corrected chi connectivity index (χ0v) is 22.8. The molecule has 3 heterocycles. The molecule has 0 aliphatic heterocycles. The highest BCUT2D eigenvalue weighted by atomic mass is 35.5. The molecule has 198 valence electrons. The van der Waals surface area contributed by atoms with E-state index >= 15 is 0 Å². The van der Waals surface area contributed by atoms with Crippen molar-refractivity contribution in [1.82, 2.24) is 15.0 Å². The molecule has 2 aromatic carbocycles. The second-order valence-corrected chi connectivity index (χ2v) is 8.00. The molecule has 0 atom stereocenters. The Morgan fingerprint density at radius 3 is 2.21 bits per heavy atom. The SMILES string of the molecule is CN.CO.CO.Cc1cncc(-c2c(Cl)nc(NCc3ccccn3)c3c(-c4ccccc4)cccc23)c1. The van der Waals surface area contributed by atoms with E-state index in [-0.39, 0.29) is 0 Å². The zero-order valence-electron chi connectivity index (χ0n) is 22.1. The van der Waals surface area contributed by atoms with Gasteiger partial charge in [0, 0.05) is 49.3 Å². The fourth-order valence-electron chi connectivity index (χ4n) is 3.97. The maximum atomic E-state index is 7.00. The minimum Gasteiger partial charge on any atom is -0.400 e. The summed E-state index contributed by atoms with van der Waals surface area (Å²) in [6.45, 7) is 2.58. The van der Waals surface area contributed by atoms with E-state index in [0.29, 0.717) is 11.7 Å². The molecule has 0 bridgehead atoms. The number of pyridine rings is 3. The smallest absolute Gasteiger partial charge is 0.140 e. The van der Waals surface area contributed by atoms with Crippen LogP contribution in [0.3, 0.4) is 0 Å². The van der Waals surface area contributed by atoms with Gasteiger partial charge in [0.2, 0.25) is 0 Å². The van der Waals surface area contributed by atoms with Gasteiger partial charge in [0.15, 0.2) is 0 Å². The zero-order chi connectivity index (χ0) is 27.9. The van der Waals surface area contributed by atoms with Gasteiger partial charge in [0.05, 0.1) is 12.2 Å². The van der Waals surface area contributed by atoms with Crippen molar-refractivity contribution in [3.63, 3.8) is 0 Å². The number of halogens is 1. The maximum absolute atomic E-state index is 7.00. The lowest BCUT2D eigenvalue weighted by atomic mass is 9.94. The molecule has 5 rings (SSSR count). The summed E-state index contributed by atoms with van der Waals surface area (Å²) in [5.41, 5.74) is 10.6. The number of benzene rings is 2. The lowest BCUT2D eigenvalue weighted by Crippen LogP contribution is -2.05. The monoisotopic (exact) mass is 531 g/mol. The third kappa shape index (κ3) is 7.34. The summed E-state index contributed by atoms with van der Waals surface area (Å²) < 4.78 is 0. The molecule has 0 saturated carbocycles. The Hall–Kier alpha value is -3.88. The van der Waals surface area contributed by atoms with Gasteiger partial charge in [-0.3, -0.25) is 9.97 Å². The van der Waals surface area contributed by atoms with Crippen LogP contribution in [0.25, 0.3) is 33.0 Å². The molecule has 0 amide bonds. The van der Waals surface area contributed by atoms with Crippen LogP contribution in [0.4, 0.5) is 5.82 Å². The molecule has 8 heteroatoms. The number of nitrogens with zero attached hydrogens (tertiary/aromatic N) is 3. The first kappa shape index (κ1) is 30.3. The Kier molecular flexibility index (Phi) is 12.8. The van der Waals surface area contributed by atoms with E-state index in [1.807, 2.05) is 55.7 Å². The van der Waals surface area contributed by atoms with Gasteiger partial charge >= 0.3 is 0 Å². The van der Waals surface area contributed by atoms with E-state index in [0.717, 1.165) is 64.3 Å². The van der Waals surface area contributed by atoms with E-state index < -0.39 is 0 Å². The van der Waals surface area contributed by atoms with Crippen molar-refractivity contribution in [2.75, 3.05) is 26.6 Å². The fraction of sp³-hybridized carbons (Fsp3) is 0.167. The van der Waals surface area contributed by atoms with E-state index in [9.17, 15) is 0 Å². The van der Waals surface area contributed by atoms with Gasteiger partial charge in [-0.05, 0) is 54.2 Å². The highest BCUT2D eigenvalue weighted by molar-refractivity contribution is 6.34. The Labute approximate surface area is 229 Å². The molecular formula is C30H34ClN5O2. The van der Waals surface area contributed by atoms with E-state index in [2.05, 4.69) is 57.4 Å². The summed E-state index contributed by atoms with van der Waals surface area (Å²) in [5.74, 6) is 0.736. The number of aromatic nitrogens is 3. The number of hydrogen-bond donors (Lipinski definition) is 4. The summed E-state index contributed by atoms with van der Waals surface area (Å²) >= 11 is 6.78. The molecule has 5 aromatic rings. The minimum atomic E-state index is 0.443. The van der Waals surface area contributed by atoms with Crippen molar-refractivity contribution in [3.05, 3.63) is 108 Å². The van der Waals surface area contributed by atoms with Crippen LogP contribution in [0.5, 0.6) is 0 Å². The molecular weight excluding hydrogens is 498 g/mol. The van der Waals surface area contributed by atoms with E-state index in [1.165, 1.54) is 7.05 Å². The van der Waals surface area contributed by atoms with Gasteiger partial charge in [0.25, 0.3) is 0 Å². The Bertz CT molecular complexity index is 1400. The number of fused-ring (bicyclic) bond motifs is 1. The molecule has 5 N–H and O–H groups in total. The number of hydrogen-bond acceptors (Lipinski definition) is 7. The molecule has 0 spiro atoms. The number of aliphatic hydroxyl groups excluding tert-OH is 2. The number of rotatable bonds is 5. The summed E-state index contributed by atoms with van der Waals surface area (Å²) in [5, 5.41) is 20.0. The van der Waals surface area contributed by atoms with Gasteiger partial charge in [-0.1, -0.05) is 66.2 Å². The fourth-order valence-corrected chi connectivity index (χ4v) is 4.26. The van der Waals surface area contributed by atoms with E-state index in [1.54, 1.807) is 6.20 Å². The van der Waals surface area contributed by atoms with Gasteiger partial charge < -0.3 is 21.3 Å². The summed E-state index contributed by atoms with van der Waals surface area (Å²) in [7, 11) is 3.50. The number of nitrogens with one attached hydrogen (secondary N) is 1. The van der Waals surface area contributed by atoms with Crippen molar-refractivity contribution in [2.24, 2.45) is 5.73 Å². The number of nitrogens with two attached hydrogens (primary N) is 1. The maximum Gasteiger partial charge on any atom is 0.140 e. The molecule has 0 radical (unpaired) electrons. The highest BCUT2D eigenvalue weighted by Crippen LogP contribution is 2.41. The third-order valence-electron chi connectivity index (χ3n) is 5.40. The lowest BCUT2D eigenvalue weighted by molar-refractivity contribution is 0.399. The number of aliphatic hydroxyl groups is 2. The standard InChI is InChI=1S/C27H21ClN4.CH5N.2CH4O/c1-18-14-20(16-29-15-18)24-23-12-7-11-22(19-8-3-2-4-9-19)25(23)27(32-26(24)28)31-17-21-10-5-6-13-30-21;3*1-2/h2-16H,17H2,1H3,(H,31,32);2H2,1H3;2*2H,1H3. The topological polar surface area (TPSA) is 117 Å². The van der Waals surface area contributed by atoms with Gasteiger partial charge in [-0.15, -0.1) is 0 Å². The normalized spacial score (nSPS) is 9.68. The Morgan fingerprint density at radius 1 is 0.842 bits per heavy atom.